The molecule has 0 saturated carbocycles. The van der Waals surface area contributed by atoms with Gasteiger partial charge >= 0.3 is 0 Å². The molecule has 1 aromatic carbocycles. The SMILES string of the molecule is CCOc1cc(NCC(C)(C)C(N)=O)c(N)cc1F. The van der Waals surface area contributed by atoms with Crippen LogP contribution in [0.1, 0.15) is 20.8 Å². The smallest absolute Gasteiger partial charge is 0.224 e. The van der Waals surface area contributed by atoms with Crippen LogP contribution in [-0.2, 0) is 4.79 Å². The molecule has 0 fully saturated rings. The van der Waals surface area contributed by atoms with Gasteiger partial charge in [-0.1, -0.05) is 0 Å². The molecular formula is C13H20FN3O2. The minimum atomic E-state index is -0.730. The number of primary amides is 1. The third-order valence-corrected chi connectivity index (χ3v) is 2.79. The van der Waals surface area contributed by atoms with E-state index in [0.717, 1.165) is 0 Å². The van der Waals surface area contributed by atoms with Crippen LogP contribution in [0.2, 0.25) is 0 Å². The van der Waals surface area contributed by atoms with Crippen molar-refractivity contribution in [2.75, 3.05) is 24.2 Å². The normalized spacial score (nSPS) is 11.2. The number of nitrogen functional groups attached to an aromatic ring is 1. The van der Waals surface area contributed by atoms with E-state index in [4.69, 9.17) is 16.2 Å². The summed E-state index contributed by atoms with van der Waals surface area (Å²) >= 11 is 0. The van der Waals surface area contributed by atoms with Crippen molar-refractivity contribution >= 4 is 17.3 Å². The van der Waals surface area contributed by atoms with Gasteiger partial charge in [-0.15, -0.1) is 0 Å². The van der Waals surface area contributed by atoms with E-state index in [1.165, 1.54) is 12.1 Å². The molecular weight excluding hydrogens is 249 g/mol. The molecule has 6 heteroatoms. The molecule has 0 radical (unpaired) electrons. The minimum Gasteiger partial charge on any atom is -0.491 e. The van der Waals surface area contributed by atoms with Crippen LogP contribution in [0.3, 0.4) is 0 Å². The third kappa shape index (κ3) is 3.74. The van der Waals surface area contributed by atoms with Crippen LogP contribution in [-0.4, -0.2) is 19.1 Å². The number of carbonyl (C=O) groups excluding carboxylic acids is 1. The standard InChI is InChI=1S/C13H20FN3O2/c1-4-19-11-6-10(9(15)5-8(11)14)17-7-13(2,3)12(16)18/h5-6,17H,4,7,15H2,1-3H3,(H2,16,18). The van der Waals surface area contributed by atoms with Gasteiger partial charge in [0.05, 0.1) is 23.4 Å². The van der Waals surface area contributed by atoms with Gasteiger partial charge in [0.1, 0.15) is 0 Å². The molecule has 1 aromatic rings. The number of hydrogen-bond donors (Lipinski definition) is 3. The molecule has 5 nitrogen and oxygen atoms in total. The van der Waals surface area contributed by atoms with E-state index in [1.807, 2.05) is 0 Å². The quantitative estimate of drug-likeness (QED) is 0.686. The molecule has 0 aromatic heterocycles. The third-order valence-electron chi connectivity index (χ3n) is 2.79. The Bertz CT molecular complexity index is 475. The summed E-state index contributed by atoms with van der Waals surface area (Å²) in [4.78, 5) is 11.2. The molecule has 0 bridgehead atoms. The Morgan fingerprint density at radius 2 is 2.11 bits per heavy atom. The largest absolute Gasteiger partial charge is 0.491 e. The van der Waals surface area contributed by atoms with Crippen molar-refractivity contribution in [1.82, 2.24) is 0 Å². The molecule has 0 aliphatic carbocycles. The molecule has 106 valence electrons. The lowest BCUT2D eigenvalue weighted by Crippen LogP contribution is -2.37. The van der Waals surface area contributed by atoms with Crippen molar-refractivity contribution in [1.29, 1.82) is 0 Å². The van der Waals surface area contributed by atoms with Gasteiger partial charge in [0.2, 0.25) is 5.91 Å². The summed E-state index contributed by atoms with van der Waals surface area (Å²) in [6, 6.07) is 2.66. The Balaban J connectivity index is 2.89. The summed E-state index contributed by atoms with van der Waals surface area (Å²) in [7, 11) is 0. The van der Waals surface area contributed by atoms with E-state index < -0.39 is 17.1 Å². The first kappa shape index (κ1) is 15.1. The zero-order valence-corrected chi connectivity index (χ0v) is 11.4. The van der Waals surface area contributed by atoms with Gasteiger partial charge in [-0.3, -0.25) is 4.79 Å². The number of nitrogens with one attached hydrogen (secondary N) is 1. The summed E-state index contributed by atoms with van der Waals surface area (Å²) in [6.45, 7) is 5.84. The molecule has 5 N–H and O–H groups in total. The highest BCUT2D eigenvalue weighted by Crippen LogP contribution is 2.29. The van der Waals surface area contributed by atoms with Crippen molar-refractivity contribution in [2.24, 2.45) is 11.1 Å². The van der Waals surface area contributed by atoms with Crippen LogP contribution in [0, 0.1) is 11.2 Å². The molecule has 0 saturated heterocycles. The number of hydrogen-bond acceptors (Lipinski definition) is 4. The van der Waals surface area contributed by atoms with E-state index in [1.54, 1.807) is 20.8 Å². The van der Waals surface area contributed by atoms with E-state index >= 15 is 0 Å². The first-order chi connectivity index (χ1) is 8.77. The zero-order chi connectivity index (χ0) is 14.6. The van der Waals surface area contributed by atoms with E-state index in [2.05, 4.69) is 5.32 Å². The highest BCUT2D eigenvalue weighted by Gasteiger charge is 2.25. The van der Waals surface area contributed by atoms with Crippen LogP contribution in [0.15, 0.2) is 12.1 Å². The van der Waals surface area contributed by atoms with Crippen molar-refractivity contribution < 1.29 is 13.9 Å². The molecule has 0 atom stereocenters. The number of amides is 1. The predicted octanol–water partition coefficient (Wildman–Crippen LogP) is 1.73. The first-order valence-electron chi connectivity index (χ1n) is 6.03. The average molecular weight is 269 g/mol. The van der Waals surface area contributed by atoms with Gasteiger partial charge in [0.25, 0.3) is 0 Å². The topological polar surface area (TPSA) is 90.4 Å². The number of benzene rings is 1. The van der Waals surface area contributed by atoms with Gasteiger partial charge in [-0.2, -0.15) is 0 Å². The van der Waals surface area contributed by atoms with Crippen LogP contribution in [0.5, 0.6) is 5.75 Å². The number of carbonyl (C=O) groups is 1. The number of nitrogens with two attached hydrogens (primary N) is 2. The molecule has 1 rings (SSSR count). The molecule has 0 aliphatic heterocycles. The maximum absolute atomic E-state index is 13.5. The van der Waals surface area contributed by atoms with Gasteiger partial charge < -0.3 is 21.5 Å². The highest BCUT2D eigenvalue weighted by molar-refractivity contribution is 5.81. The maximum atomic E-state index is 13.5. The number of anilines is 2. The lowest BCUT2D eigenvalue weighted by molar-refractivity contribution is -0.125. The van der Waals surface area contributed by atoms with Gasteiger partial charge in [-0.05, 0) is 20.8 Å². The average Bonchev–Trinajstić information content (AvgIpc) is 2.31. The Labute approximate surface area is 112 Å². The zero-order valence-electron chi connectivity index (χ0n) is 11.4. The molecule has 0 unspecified atom stereocenters. The summed E-state index contributed by atoms with van der Waals surface area (Å²) in [5.41, 5.74) is 11.0. The lowest BCUT2D eigenvalue weighted by Gasteiger charge is -2.22. The second kappa shape index (κ2) is 5.77. The Morgan fingerprint density at radius 1 is 1.47 bits per heavy atom. The molecule has 0 heterocycles. The van der Waals surface area contributed by atoms with Gasteiger partial charge in [0, 0.05) is 18.7 Å². The van der Waals surface area contributed by atoms with Crippen molar-refractivity contribution in [3.8, 4) is 5.75 Å². The van der Waals surface area contributed by atoms with E-state index in [9.17, 15) is 9.18 Å². The highest BCUT2D eigenvalue weighted by atomic mass is 19.1. The first-order valence-corrected chi connectivity index (χ1v) is 6.03. The number of ether oxygens (including phenoxy) is 1. The van der Waals surface area contributed by atoms with Gasteiger partial charge in [-0.25, -0.2) is 4.39 Å². The van der Waals surface area contributed by atoms with Crippen molar-refractivity contribution in [3.63, 3.8) is 0 Å². The van der Waals surface area contributed by atoms with Crippen LogP contribution < -0.4 is 21.5 Å². The fourth-order valence-corrected chi connectivity index (χ4v) is 1.39. The van der Waals surface area contributed by atoms with Gasteiger partial charge in [0.15, 0.2) is 11.6 Å². The summed E-state index contributed by atoms with van der Waals surface area (Å²) in [6.07, 6.45) is 0. The number of halogens is 1. The maximum Gasteiger partial charge on any atom is 0.224 e. The summed E-state index contributed by atoms with van der Waals surface area (Å²) in [5, 5.41) is 2.99. The fraction of sp³-hybridized carbons (Fsp3) is 0.462. The van der Waals surface area contributed by atoms with E-state index in [-0.39, 0.29) is 11.4 Å². The predicted molar refractivity (Wildman–Crippen MR) is 73.4 cm³/mol. The Morgan fingerprint density at radius 3 is 2.63 bits per heavy atom. The second-order valence-electron chi connectivity index (χ2n) is 4.90. The van der Waals surface area contributed by atoms with E-state index in [0.29, 0.717) is 18.8 Å². The summed E-state index contributed by atoms with van der Waals surface area (Å²) < 4.78 is 18.7. The summed E-state index contributed by atoms with van der Waals surface area (Å²) in [5.74, 6) is -0.819. The fourth-order valence-electron chi connectivity index (χ4n) is 1.39. The molecule has 19 heavy (non-hydrogen) atoms. The lowest BCUT2D eigenvalue weighted by atomic mass is 9.92. The molecule has 0 aliphatic rings. The van der Waals surface area contributed by atoms with Crippen LogP contribution in [0.4, 0.5) is 15.8 Å². The Kier molecular flexibility index (Phi) is 4.58. The minimum absolute atomic E-state index is 0.121. The van der Waals surface area contributed by atoms with Crippen LogP contribution in [0.25, 0.3) is 0 Å². The van der Waals surface area contributed by atoms with Crippen molar-refractivity contribution in [3.05, 3.63) is 17.9 Å². The second-order valence-corrected chi connectivity index (χ2v) is 4.90. The molecule has 0 spiro atoms. The Hall–Kier alpha value is -1.98. The van der Waals surface area contributed by atoms with Crippen molar-refractivity contribution in [2.45, 2.75) is 20.8 Å². The monoisotopic (exact) mass is 269 g/mol. The van der Waals surface area contributed by atoms with Crippen LogP contribution >= 0.6 is 0 Å². The molecule has 1 amide bonds. The number of rotatable bonds is 6.